The Morgan fingerprint density at radius 2 is 1.97 bits per heavy atom. The van der Waals surface area contributed by atoms with Crippen LogP contribution in [0.4, 0.5) is 0 Å². The fourth-order valence-electron chi connectivity index (χ4n) is 3.19. The number of aromatic nitrogens is 2. The Balaban J connectivity index is 1.43. The van der Waals surface area contributed by atoms with Gasteiger partial charge in [-0.3, -0.25) is 4.90 Å². The van der Waals surface area contributed by atoms with Gasteiger partial charge in [0.1, 0.15) is 16.6 Å². The number of rotatable bonds is 7. The maximum absolute atomic E-state index is 8.99. The molecule has 7 heteroatoms. The molecule has 0 spiro atoms. The highest BCUT2D eigenvalue weighted by molar-refractivity contribution is 7.99. The molecule has 0 unspecified atom stereocenters. The van der Waals surface area contributed by atoms with Crippen LogP contribution in [0.3, 0.4) is 0 Å². The van der Waals surface area contributed by atoms with Crippen LogP contribution in [-0.4, -0.2) is 53.5 Å². The Morgan fingerprint density at radius 1 is 1.10 bits per heavy atom. The lowest BCUT2D eigenvalue weighted by Gasteiger charge is -2.25. The van der Waals surface area contributed by atoms with Crippen LogP contribution in [0.1, 0.15) is 11.4 Å². The molecule has 0 amide bonds. The Labute approximate surface area is 174 Å². The van der Waals surface area contributed by atoms with E-state index in [-0.39, 0.29) is 0 Å². The van der Waals surface area contributed by atoms with E-state index in [2.05, 4.69) is 17.0 Å². The van der Waals surface area contributed by atoms with Gasteiger partial charge in [-0.05, 0) is 24.3 Å². The number of fused-ring (bicyclic) bond motifs is 1. The van der Waals surface area contributed by atoms with Crippen molar-refractivity contribution >= 4 is 22.7 Å². The average Bonchev–Trinajstić information content (AvgIpc) is 2.77. The van der Waals surface area contributed by atoms with E-state index < -0.39 is 0 Å². The van der Waals surface area contributed by atoms with Crippen molar-refractivity contribution in [1.82, 2.24) is 14.9 Å². The number of thioether (sulfide) groups is 1. The molecule has 0 N–H and O–H groups in total. The van der Waals surface area contributed by atoms with E-state index in [1.807, 2.05) is 30.3 Å². The fourth-order valence-corrected chi connectivity index (χ4v) is 4.04. The Bertz CT molecular complexity index is 1020. The Hall–Kier alpha value is -2.66. The standard InChI is InChI=1S/C22H22N4O2S/c23-15-17-4-3-5-18(14-17)28-12-13-29-22-19-6-1-2-7-20(19)24-21(25-22)16-26-8-10-27-11-9-26/h1-7,14H,8-13,16H2. The maximum atomic E-state index is 8.99. The van der Waals surface area contributed by atoms with Crippen molar-refractivity contribution in [3.8, 4) is 11.8 Å². The Kier molecular flexibility index (Phi) is 6.57. The molecule has 0 aliphatic carbocycles. The van der Waals surface area contributed by atoms with E-state index in [0.717, 1.165) is 60.4 Å². The van der Waals surface area contributed by atoms with Crippen LogP contribution in [-0.2, 0) is 11.3 Å². The number of para-hydroxylation sites is 1. The second-order valence-corrected chi connectivity index (χ2v) is 7.77. The normalized spacial score (nSPS) is 14.6. The van der Waals surface area contributed by atoms with Crippen molar-refractivity contribution in [2.75, 3.05) is 38.7 Å². The van der Waals surface area contributed by atoms with Crippen LogP contribution in [0.2, 0.25) is 0 Å². The molecule has 1 aliphatic heterocycles. The van der Waals surface area contributed by atoms with E-state index >= 15 is 0 Å². The van der Waals surface area contributed by atoms with Crippen LogP contribution < -0.4 is 4.74 Å². The summed E-state index contributed by atoms with van der Waals surface area (Å²) in [6.07, 6.45) is 0. The topological polar surface area (TPSA) is 71.3 Å². The van der Waals surface area contributed by atoms with Gasteiger partial charge in [0.2, 0.25) is 0 Å². The molecule has 1 fully saturated rings. The highest BCUT2D eigenvalue weighted by atomic mass is 32.2. The van der Waals surface area contributed by atoms with Gasteiger partial charge in [-0.2, -0.15) is 5.26 Å². The van der Waals surface area contributed by atoms with E-state index in [4.69, 9.17) is 24.7 Å². The van der Waals surface area contributed by atoms with Crippen molar-refractivity contribution in [3.05, 3.63) is 59.9 Å². The molecule has 29 heavy (non-hydrogen) atoms. The molecule has 0 atom stereocenters. The molecule has 2 aromatic carbocycles. The molecule has 0 radical (unpaired) electrons. The minimum Gasteiger partial charge on any atom is -0.493 e. The molecule has 1 aliphatic rings. The van der Waals surface area contributed by atoms with Gasteiger partial charge < -0.3 is 9.47 Å². The van der Waals surface area contributed by atoms with Gasteiger partial charge in [0.05, 0.1) is 43.5 Å². The van der Waals surface area contributed by atoms with Crippen LogP contribution >= 0.6 is 11.8 Å². The lowest BCUT2D eigenvalue weighted by atomic mass is 10.2. The first-order chi connectivity index (χ1) is 14.3. The van der Waals surface area contributed by atoms with Gasteiger partial charge in [-0.25, -0.2) is 9.97 Å². The maximum Gasteiger partial charge on any atom is 0.144 e. The van der Waals surface area contributed by atoms with Gasteiger partial charge in [-0.1, -0.05) is 24.3 Å². The molecule has 148 valence electrons. The van der Waals surface area contributed by atoms with E-state index in [0.29, 0.717) is 17.9 Å². The number of benzene rings is 2. The van der Waals surface area contributed by atoms with Crippen LogP contribution in [0.15, 0.2) is 53.6 Å². The third-order valence-electron chi connectivity index (χ3n) is 4.64. The molecule has 6 nitrogen and oxygen atoms in total. The summed E-state index contributed by atoms with van der Waals surface area (Å²) in [5.74, 6) is 2.32. The molecule has 4 rings (SSSR count). The summed E-state index contributed by atoms with van der Waals surface area (Å²) >= 11 is 1.67. The molecule has 2 heterocycles. The van der Waals surface area contributed by atoms with E-state index in [1.54, 1.807) is 23.9 Å². The third kappa shape index (κ3) is 5.24. The highest BCUT2D eigenvalue weighted by Crippen LogP contribution is 2.26. The number of hydrogen-bond acceptors (Lipinski definition) is 7. The van der Waals surface area contributed by atoms with Crippen molar-refractivity contribution in [2.24, 2.45) is 0 Å². The van der Waals surface area contributed by atoms with Crippen LogP contribution in [0, 0.1) is 11.3 Å². The van der Waals surface area contributed by atoms with Gasteiger partial charge in [-0.15, -0.1) is 11.8 Å². The fraction of sp³-hybridized carbons (Fsp3) is 0.318. The van der Waals surface area contributed by atoms with E-state index in [9.17, 15) is 0 Å². The first-order valence-electron chi connectivity index (χ1n) is 9.63. The van der Waals surface area contributed by atoms with E-state index in [1.165, 1.54) is 0 Å². The van der Waals surface area contributed by atoms with Crippen molar-refractivity contribution in [1.29, 1.82) is 5.26 Å². The highest BCUT2D eigenvalue weighted by Gasteiger charge is 2.14. The number of morpholine rings is 1. The summed E-state index contributed by atoms with van der Waals surface area (Å²) in [6.45, 7) is 4.62. The second-order valence-electron chi connectivity index (χ2n) is 6.69. The zero-order chi connectivity index (χ0) is 19.9. The average molecular weight is 407 g/mol. The molecular weight excluding hydrogens is 384 g/mol. The lowest BCUT2D eigenvalue weighted by Crippen LogP contribution is -2.36. The number of nitriles is 1. The summed E-state index contributed by atoms with van der Waals surface area (Å²) in [6, 6.07) is 17.5. The molecule has 0 bridgehead atoms. The lowest BCUT2D eigenvalue weighted by molar-refractivity contribution is 0.0330. The molecule has 1 saturated heterocycles. The summed E-state index contributed by atoms with van der Waals surface area (Å²) in [4.78, 5) is 11.9. The minimum absolute atomic E-state index is 0.538. The van der Waals surface area contributed by atoms with Gasteiger partial charge in [0, 0.05) is 24.2 Å². The SMILES string of the molecule is N#Cc1cccc(OCCSc2nc(CN3CCOCC3)nc3ccccc23)c1. The zero-order valence-electron chi connectivity index (χ0n) is 16.1. The van der Waals surface area contributed by atoms with Crippen LogP contribution in [0.25, 0.3) is 10.9 Å². The zero-order valence-corrected chi connectivity index (χ0v) is 16.9. The molecule has 3 aromatic rings. The van der Waals surface area contributed by atoms with Gasteiger partial charge in [0.25, 0.3) is 0 Å². The Morgan fingerprint density at radius 3 is 2.83 bits per heavy atom. The third-order valence-corrected chi connectivity index (χ3v) is 5.59. The predicted molar refractivity (Wildman–Crippen MR) is 113 cm³/mol. The first kappa shape index (κ1) is 19.6. The van der Waals surface area contributed by atoms with Gasteiger partial charge >= 0.3 is 0 Å². The largest absolute Gasteiger partial charge is 0.493 e. The summed E-state index contributed by atoms with van der Waals surface area (Å²) in [5.41, 5.74) is 1.57. The second kappa shape index (κ2) is 9.70. The molecular formula is C22H22N4O2S. The predicted octanol–water partition coefficient (Wildman–Crippen LogP) is 3.50. The minimum atomic E-state index is 0.538. The summed E-state index contributed by atoms with van der Waals surface area (Å²) < 4.78 is 11.2. The smallest absolute Gasteiger partial charge is 0.144 e. The number of hydrogen-bond donors (Lipinski definition) is 0. The van der Waals surface area contributed by atoms with Crippen molar-refractivity contribution in [2.45, 2.75) is 11.6 Å². The monoisotopic (exact) mass is 406 g/mol. The summed E-state index contributed by atoms with van der Waals surface area (Å²) in [5, 5.41) is 11.0. The number of ether oxygens (including phenoxy) is 2. The van der Waals surface area contributed by atoms with Crippen molar-refractivity contribution in [3.63, 3.8) is 0 Å². The van der Waals surface area contributed by atoms with Crippen LogP contribution in [0.5, 0.6) is 5.75 Å². The van der Waals surface area contributed by atoms with Gasteiger partial charge in [0.15, 0.2) is 0 Å². The number of nitrogens with zero attached hydrogens (tertiary/aromatic N) is 4. The quantitative estimate of drug-likeness (QED) is 0.338. The van der Waals surface area contributed by atoms with Crippen molar-refractivity contribution < 1.29 is 9.47 Å². The molecule has 0 saturated carbocycles. The summed E-state index contributed by atoms with van der Waals surface area (Å²) in [7, 11) is 0. The first-order valence-corrected chi connectivity index (χ1v) is 10.6. The molecule has 1 aromatic heterocycles.